The van der Waals surface area contributed by atoms with E-state index in [4.69, 9.17) is 9.15 Å². The number of hydrogen-bond acceptors (Lipinski definition) is 8. The molecule has 1 atom stereocenters. The highest BCUT2D eigenvalue weighted by molar-refractivity contribution is 9.10. The third kappa shape index (κ3) is 2.94. The predicted octanol–water partition coefficient (Wildman–Crippen LogP) is 4.18. The Bertz CT molecular complexity index is 1430. The van der Waals surface area contributed by atoms with Crippen molar-refractivity contribution >= 4 is 49.3 Å². The number of halogens is 1. The molecule has 5 rings (SSSR count). The van der Waals surface area contributed by atoms with Crippen molar-refractivity contribution in [3.8, 4) is 11.5 Å². The fourth-order valence-electron chi connectivity index (χ4n) is 3.72. The highest BCUT2D eigenvalue weighted by Gasteiger charge is 2.45. The van der Waals surface area contributed by atoms with Gasteiger partial charge in [-0.15, -0.1) is 10.2 Å². The molecule has 0 saturated carbocycles. The van der Waals surface area contributed by atoms with Crippen molar-refractivity contribution in [2.24, 2.45) is 0 Å². The third-order valence-corrected chi connectivity index (χ3v) is 6.53. The summed E-state index contributed by atoms with van der Waals surface area (Å²) in [5.41, 5.74) is 0.778. The maximum Gasteiger partial charge on any atom is 0.297 e. The number of benzene rings is 2. The number of aromatic hydroxyl groups is 1. The zero-order chi connectivity index (χ0) is 21.9. The largest absolute Gasteiger partial charge is 0.503 e. The van der Waals surface area contributed by atoms with Crippen LogP contribution < -0.4 is 15.1 Å². The molecule has 2 aromatic carbocycles. The molecule has 2 aromatic heterocycles. The summed E-state index contributed by atoms with van der Waals surface area (Å²) in [5, 5.41) is 19.8. The van der Waals surface area contributed by atoms with Crippen LogP contribution in [0.2, 0.25) is 0 Å². The predicted molar refractivity (Wildman–Crippen MR) is 118 cm³/mol. The Morgan fingerprint density at radius 3 is 2.71 bits per heavy atom. The number of amides is 1. The number of fused-ring (bicyclic) bond motifs is 2. The summed E-state index contributed by atoms with van der Waals surface area (Å²) in [7, 11) is 1.42. The Balaban J connectivity index is 1.84. The molecule has 8 nitrogen and oxygen atoms in total. The van der Waals surface area contributed by atoms with Crippen LogP contribution in [-0.2, 0) is 0 Å². The molecule has 0 saturated heterocycles. The van der Waals surface area contributed by atoms with Gasteiger partial charge in [-0.2, -0.15) is 0 Å². The number of ether oxygens (including phenoxy) is 1. The van der Waals surface area contributed by atoms with E-state index < -0.39 is 11.9 Å². The number of aromatic nitrogens is 2. The molecule has 0 fully saturated rings. The number of methoxy groups -OCH3 is 1. The molecule has 1 N–H and O–H groups in total. The lowest BCUT2D eigenvalue weighted by Crippen LogP contribution is -2.29. The van der Waals surface area contributed by atoms with Gasteiger partial charge in [0.15, 0.2) is 16.9 Å². The molecule has 4 aromatic rings. The quantitative estimate of drug-likeness (QED) is 0.450. The van der Waals surface area contributed by atoms with Crippen LogP contribution in [0.3, 0.4) is 0 Å². The normalized spacial score (nSPS) is 15.5. The molecule has 3 heterocycles. The maximum atomic E-state index is 13.5. The fraction of sp³-hybridized carbons (Fsp3) is 0.143. The van der Waals surface area contributed by atoms with Crippen LogP contribution in [0.1, 0.15) is 32.7 Å². The lowest BCUT2D eigenvalue weighted by atomic mass is 9.98. The topological polar surface area (TPSA) is 106 Å². The van der Waals surface area contributed by atoms with E-state index in [1.165, 1.54) is 23.3 Å². The zero-order valence-corrected chi connectivity index (χ0v) is 18.7. The molecule has 156 valence electrons. The molecular formula is C21H14BrN3O5S. The number of phenols is 1. The Kier molecular flexibility index (Phi) is 4.56. The summed E-state index contributed by atoms with van der Waals surface area (Å²) < 4.78 is 11.5. The van der Waals surface area contributed by atoms with Crippen molar-refractivity contribution in [1.29, 1.82) is 0 Å². The van der Waals surface area contributed by atoms with Crippen LogP contribution in [0.15, 0.2) is 50.1 Å². The molecule has 0 radical (unpaired) electrons. The Hall–Kier alpha value is -3.24. The van der Waals surface area contributed by atoms with E-state index in [-0.39, 0.29) is 28.3 Å². The first kappa shape index (κ1) is 19.7. The maximum absolute atomic E-state index is 13.5. The van der Waals surface area contributed by atoms with Crippen LogP contribution in [-0.4, -0.2) is 28.3 Å². The van der Waals surface area contributed by atoms with Crippen molar-refractivity contribution < 1.29 is 19.1 Å². The summed E-state index contributed by atoms with van der Waals surface area (Å²) in [5.74, 6) is -0.407. The van der Waals surface area contributed by atoms with E-state index >= 15 is 0 Å². The van der Waals surface area contributed by atoms with Gasteiger partial charge in [-0.3, -0.25) is 14.5 Å². The SMILES string of the molecule is COc1cc(C2c3c(oc4ccccc4c3=O)C(=O)N2c2nnc(C)s2)cc(Br)c1O. The van der Waals surface area contributed by atoms with E-state index in [0.29, 0.717) is 31.1 Å². The minimum Gasteiger partial charge on any atom is -0.503 e. The Morgan fingerprint density at radius 1 is 1.23 bits per heavy atom. The monoisotopic (exact) mass is 499 g/mol. The number of carbonyl (C=O) groups is 1. The van der Waals surface area contributed by atoms with Gasteiger partial charge in [-0.25, -0.2) is 0 Å². The van der Waals surface area contributed by atoms with Gasteiger partial charge < -0.3 is 14.3 Å². The summed E-state index contributed by atoms with van der Waals surface area (Å²) in [6.07, 6.45) is 0. The van der Waals surface area contributed by atoms with E-state index in [0.717, 1.165) is 0 Å². The second-order valence-corrected chi connectivity index (χ2v) is 8.92. The van der Waals surface area contributed by atoms with Crippen LogP contribution >= 0.6 is 27.3 Å². The first-order valence-corrected chi connectivity index (χ1v) is 10.8. The van der Waals surface area contributed by atoms with Crippen molar-refractivity contribution in [2.45, 2.75) is 13.0 Å². The number of aryl methyl sites for hydroxylation is 1. The van der Waals surface area contributed by atoms with Gasteiger partial charge in [0.05, 0.1) is 28.6 Å². The van der Waals surface area contributed by atoms with Gasteiger partial charge in [0.25, 0.3) is 5.91 Å². The number of para-hydroxylation sites is 1. The third-order valence-electron chi connectivity index (χ3n) is 5.09. The van der Waals surface area contributed by atoms with Gasteiger partial charge >= 0.3 is 0 Å². The summed E-state index contributed by atoms with van der Waals surface area (Å²) in [4.78, 5) is 28.3. The summed E-state index contributed by atoms with van der Waals surface area (Å²) in [6, 6.07) is 9.18. The van der Waals surface area contributed by atoms with Crippen LogP contribution in [0, 0.1) is 6.92 Å². The molecular weight excluding hydrogens is 486 g/mol. The Labute approximate surface area is 187 Å². The smallest absolute Gasteiger partial charge is 0.297 e. The summed E-state index contributed by atoms with van der Waals surface area (Å²) >= 11 is 4.55. The first-order valence-electron chi connectivity index (χ1n) is 9.16. The number of hydrogen-bond donors (Lipinski definition) is 1. The van der Waals surface area contributed by atoms with E-state index in [1.807, 2.05) is 0 Å². The average Bonchev–Trinajstić information content (AvgIpc) is 3.31. The van der Waals surface area contributed by atoms with Crippen molar-refractivity contribution in [2.75, 3.05) is 12.0 Å². The number of nitrogens with zero attached hydrogens (tertiary/aromatic N) is 3. The number of anilines is 1. The van der Waals surface area contributed by atoms with Crippen LogP contribution in [0.5, 0.6) is 11.5 Å². The van der Waals surface area contributed by atoms with Gasteiger partial charge in [0.1, 0.15) is 10.6 Å². The molecule has 0 aliphatic carbocycles. The van der Waals surface area contributed by atoms with Crippen molar-refractivity contribution in [3.63, 3.8) is 0 Å². The van der Waals surface area contributed by atoms with Crippen LogP contribution in [0.25, 0.3) is 11.0 Å². The number of phenolic OH excluding ortho intramolecular Hbond substituents is 1. The number of carbonyl (C=O) groups excluding carboxylic acids is 1. The second-order valence-electron chi connectivity index (χ2n) is 6.91. The Morgan fingerprint density at radius 2 is 2.00 bits per heavy atom. The zero-order valence-electron chi connectivity index (χ0n) is 16.2. The van der Waals surface area contributed by atoms with Gasteiger partial charge in [-0.1, -0.05) is 23.5 Å². The minimum absolute atomic E-state index is 0.0373. The lowest BCUT2D eigenvalue weighted by molar-refractivity contribution is 0.0970. The van der Waals surface area contributed by atoms with E-state index in [1.54, 1.807) is 43.3 Å². The van der Waals surface area contributed by atoms with Crippen LogP contribution in [0.4, 0.5) is 5.13 Å². The average molecular weight is 500 g/mol. The standard InChI is InChI=1S/C21H14BrN3O5S/c1-9-23-24-21(31-9)25-16(10-7-12(22)18(27)14(8-10)29-2)15-17(26)11-5-3-4-6-13(11)30-19(15)20(25)28/h3-8,16,27H,1-2H3. The molecule has 10 heteroatoms. The van der Waals surface area contributed by atoms with Gasteiger partial charge in [-0.05, 0) is 52.7 Å². The molecule has 0 spiro atoms. The van der Waals surface area contributed by atoms with Gasteiger partial charge in [0.2, 0.25) is 10.9 Å². The number of rotatable bonds is 3. The van der Waals surface area contributed by atoms with Crippen molar-refractivity contribution in [1.82, 2.24) is 10.2 Å². The van der Waals surface area contributed by atoms with E-state index in [2.05, 4.69) is 26.1 Å². The molecule has 0 bridgehead atoms. The second kappa shape index (κ2) is 7.17. The summed E-state index contributed by atoms with van der Waals surface area (Å²) in [6.45, 7) is 1.78. The molecule has 1 amide bonds. The first-order chi connectivity index (χ1) is 14.9. The molecule has 1 unspecified atom stereocenters. The van der Waals surface area contributed by atoms with Gasteiger partial charge in [0, 0.05) is 0 Å². The highest BCUT2D eigenvalue weighted by atomic mass is 79.9. The van der Waals surface area contributed by atoms with E-state index in [9.17, 15) is 14.7 Å². The molecule has 31 heavy (non-hydrogen) atoms. The molecule has 1 aliphatic rings. The van der Waals surface area contributed by atoms with Crippen molar-refractivity contribution in [3.05, 3.63) is 73.0 Å². The minimum atomic E-state index is -0.832. The fourth-order valence-corrected chi connectivity index (χ4v) is 4.90. The highest BCUT2D eigenvalue weighted by Crippen LogP contribution is 2.45. The molecule has 1 aliphatic heterocycles. The lowest BCUT2D eigenvalue weighted by Gasteiger charge is -2.23.